The third-order valence-corrected chi connectivity index (χ3v) is 2.30. The summed E-state index contributed by atoms with van der Waals surface area (Å²) < 4.78 is 0. The molecule has 1 amide bonds. The molecule has 0 atom stereocenters. The van der Waals surface area contributed by atoms with Crippen molar-refractivity contribution in [3.05, 3.63) is 23.8 Å². The maximum absolute atomic E-state index is 11.7. The number of hydrogen-bond donors (Lipinski definition) is 4. The van der Waals surface area contributed by atoms with Gasteiger partial charge >= 0.3 is 0 Å². The first-order chi connectivity index (χ1) is 8.06. The molecule has 17 heavy (non-hydrogen) atoms. The zero-order chi connectivity index (χ0) is 12.9. The number of carbonyl (C=O) groups is 1. The van der Waals surface area contributed by atoms with Gasteiger partial charge in [-0.05, 0) is 6.92 Å². The van der Waals surface area contributed by atoms with E-state index in [1.165, 1.54) is 12.4 Å². The fourth-order valence-corrected chi connectivity index (χ4v) is 1.08. The molecule has 0 aliphatic carbocycles. The summed E-state index contributed by atoms with van der Waals surface area (Å²) in [7, 11) is 0. The summed E-state index contributed by atoms with van der Waals surface area (Å²) in [5.74, 6) is -0.616. The maximum Gasteiger partial charge on any atom is 0.272 e. The third-order valence-electron chi connectivity index (χ3n) is 2.30. The van der Waals surface area contributed by atoms with Crippen molar-refractivity contribution in [1.29, 1.82) is 0 Å². The minimum Gasteiger partial charge on any atom is -0.394 e. The molecule has 0 aromatic carbocycles. The molecule has 0 aliphatic heterocycles. The van der Waals surface area contributed by atoms with Gasteiger partial charge in [0.2, 0.25) is 0 Å². The van der Waals surface area contributed by atoms with E-state index in [2.05, 4.69) is 15.3 Å². The van der Waals surface area contributed by atoms with Gasteiger partial charge in [-0.25, -0.2) is 4.98 Å². The second kappa shape index (κ2) is 5.67. The van der Waals surface area contributed by atoms with Crippen molar-refractivity contribution in [2.75, 3.05) is 19.8 Å². The van der Waals surface area contributed by atoms with E-state index in [0.29, 0.717) is 5.69 Å². The molecule has 0 saturated carbocycles. The highest BCUT2D eigenvalue weighted by atomic mass is 16.3. The summed E-state index contributed by atoms with van der Waals surface area (Å²) in [4.78, 5) is 19.4. The molecule has 0 spiro atoms. The van der Waals surface area contributed by atoms with Crippen LogP contribution in [0.1, 0.15) is 16.2 Å². The Kier molecular flexibility index (Phi) is 4.50. The molecular formula is C10H15N3O4. The Morgan fingerprint density at radius 1 is 1.24 bits per heavy atom. The maximum atomic E-state index is 11.7. The van der Waals surface area contributed by atoms with E-state index in [-0.39, 0.29) is 5.69 Å². The van der Waals surface area contributed by atoms with Gasteiger partial charge in [-0.3, -0.25) is 9.78 Å². The molecule has 1 aromatic heterocycles. The van der Waals surface area contributed by atoms with Gasteiger partial charge in [0, 0.05) is 6.20 Å². The first kappa shape index (κ1) is 13.5. The van der Waals surface area contributed by atoms with Crippen LogP contribution in [0.25, 0.3) is 0 Å². The van der Waals surface area contributed by atoms with Gasteiger partial charge in [-0.15, -0.1) is 0 Å². The second-order valence-corrected chi connectivity index (χ2v) is 3.75. The first-order valence-corrected chi connectivity index (χ1v) is 5.00. The molecule has 7 heteroatoms. The number of amides is 1. The third kappa shape index (κ3) is 3.19. The number of nitrogens with zero attached hydrogens (tertiary/aromatic N) is 2. The highest BCUT2D eigenvalue weighted by Crippen LogP contribution is 2.04. The number of nitrogens with one attached hydrogen (secondary N) is 1. The van der Waals surface area contributed by atoms with Crippen molar-refractivity contribution in [3.8, 4) is 0 Å². The van der Waals surface area contributed by atoms with Crippen LogP contribution in [0.2, 0.25) is 0 Å². The first-order valence-electron chi connectivity index (χ1n) is 5.00. The largest absolute Gasteiger partial charge is 0.394 e. The number of aromatic nitrogens is 2. The Hall–Kier alpha value is -1.57. The molecule has 94 valence electrons. The van der Waals surface area contributed by atoms with E-state index in [4.69, 9.17) is 15.3 Å². The molecule has 0 aliphatic rings. The summed E-state index contributed by atoms with van der Waals surface area (Å²) in [6, 6.07) is 0. The van der Waals surface area contributed by atoms with Crippen LogP contribution in [0, 0.1) is 6.92 Å². The Morgan fingerprint density at radius 3 is 2.24 bits per heavy atom. The van der Waals surface area contributed by atoms with Gasteiger partial charge < -0.3 is 20.6 Å². The van der Waals surface area contributed by atoms with E-state index in [9.17, 15) is 4.79 Å². The summed E-state index contributed by atoms with van der Waals surface area (Å²) >= 11 is 0. The minimum absolute atomic E-state index is 0.0512. The predicted molar refractivity (Wildman–Crippen MR) is 58.2 cm³/mol. The van der Waals surface area contributed by atoms with Crippen LogP contribution >= 0.6 is 0 Å². The number of aliphatic hydroxyl groups is 3. The van der Waals surface area contributed by atoms with E-state index < -0.39 is 31.3 Å². The normalized spacial score (nSPS) is 11.3. The minimum atomic E-state index is -1.45. The average Bonchev–Trinajstić information content (AvgIpc) is 2.37. The van der Waals surface area contributed by atoms with Crippen molar-refractivity contribution in [1.82, 2.24) is 15.3 Å². The Balaban J connectivity index is 2.81. The molecule has 0 fully saturated rings. The van der Waals surface area contributed by atoms with E-state index in [1.54, 1.807) is 6.92 Å². The lowest BCUT2D eigenvalue weighted by molar-refractivity contribution is 0.0373. The van der Waals surface area contributed by atoms with Gasteiger partial charge in [-0.2, -0.15) is 0 Å². The SMILES string of the molecule is Cc1cnc(C(=O)NC(CO)(CO)CO)cn1. The molecular weight excluding hydrogens is 226 g/mol. The lowest BCUT2D eigenvalue weighted by atomic mass is 10.0. The van der Waals surface area contributed by atoms with Gasteiger partial charge in [-0.1, -0.05) is 0 Å². The molecule has 0 unspecified atom stereocenters. The topological polar surface area (TPSA) is 116 Å². The standard InChI is InChI=1S/C10H15N3O4/c1-7-2-12-8(3-11-7)9(17)13-10(4-14,5-15)6-16/h2-3,14-16H,4-6H2,1H3,(H,13,17). The van der Waals surface area contributed by atoms with Crippen molar-refractivity contribution in [2.45, 2.75) is 12.5 Å². The van der Waals surface area contributed by atoms with Crippen LogP contribution in [-0.2, 0) is 0 Å². The molecule has 1 aromatic rings. The monoisotopic (exact) mass is 241 g/mol. The lowest BCUT2D eigenvalue weighted by Gasteiger charge is -2.28. The zero-order valence-corrected chi connectivity index (χ0v) is 9.42. The molecule has 0 radical (unpaired) electrons. The molecule has 1 rings (SSSR count). The summed E-state index contributed by atoms with van der Waals surface area (Å²) in [6.45, 7) is -0.00472. The number of carbonyl (C=O) groups excluding carboxylic acids is 1. The number of rotatable bonds is 5. The van der Waals surface area contributed by atoms with E-state index in [1.807, 2.05) is 0 Å². The van der Waals surface area contributed by atoms with E-state index >= 15 is 0 Å². The summed E-state index contributed by atoms with van der Waals surface area (Å²) in [5.41, 5.74) is -0.737. The quantitative estimate of drug-likeness (QED) is 0.485. The highest BCUT2D eigenvalue weighted by molar-refractivity contribution is 5.92. The van der Waals surface area contributed by atoms with Crippen LogP contribution in [0.5, 0.6) is 0 Å². The fraction of sp³-hybridized carbons (Fsp3) is 0.500. The van der Waals surface area contributed by atoms with Crippen LogP contribution < -0.4 is 5.32 Å². The van der Waals surface area contributed by atoms with Crippen LogP contribution in [-0.4, -0.2) is 56.6 Å². The number of aryl methyl sites for hydroxylation is 1. The molecule has 7 nitrogen and oxygen atoms in total. The Bertz CT molecular complexity index is 367. The Labute approximate surface area is 98.2 Å². The van der Waals surface area contributed by atoms with Crippen LogP contribution in [0.3, 0.4) is 0 Å². The summed E-state index contributed by atoms with van der Waals surface area (Å²) in [5, 5.41) is 29.5. The van der Waals surface area contributed by atoms with Crippen molar-refractivity contribution in [2.24, 2.45) is 0 Å². The van der Waals surface area contributed by atoms with Gasteiger partial charge in [0.05, 0.1) is 31.7 Å². The molecule has 1 heterocycles. The van der Waals surface area contributed by atoms with Crippen molar-refractivity contribution in [3.63, 3.8) is 0 Å². The predicted octanol–water partition coefficient (Wildman–Crippen LogP) is -1.77. The number of hydrogen-bond acceptors (Lipinski definition) is 6. The highest BCUT2D eigenvalue weighted by Gasteiger charge is 2.30. The molecule has 0 saturated heterocycles. The van der Waals surface area contributed by atoms with Crippen LogP contribution in [0.4, 0.5) is 0 Å². The van der Waals surface area contributed by atoms with Gasteiger partial charge in [0.15, 0.2) is 0 Å². The molecule has 4 N–H and O–H groups in total. The average molecular weight is 241 g/mol. The van der Waals surface area contributed by atoms with Crippen molar-refractivity contribution >= 4 is 5.91 Å². The second-order valence-electron chi connectivity index (χ2n) is 3.75. The number of aliphatic hydroxyl groups excluding tert-OH is 3. The van der Waals surface area contributed by atoms with Crippen molar-refractivity contribution < 1.29 is 20.1 Å². The lowest BCUT2D eigenvalue weighted by Crippen LogP contribution is -2.57. The fourth-order valence-electron chi connectivity index (χ4n) is 1.08. The zero-order valence-electron chi connectivity index (χ0n) is 9.42. The molecule has 0 bridgehead atoms. The van der Waals surface area contributed by atoms with Gasteiger partial charge in [0.25, 0.3) is 5.91 Å². The summed E-state index contributed by atoms with van der Waals surface area (Å²) in [6.07, 6.45) is 2.70. The van der Waals surface area contributed by atoms with E-state index in [0.717, 1.165) is 0 Å². The smallest absolute Gasteiger partial charge is 0.272 e. The van der Waals surface area contributed by atoms with Crippen LogP contribution in [0.15, 0.2) is 12.4 Å². The van der Waals surface area contributed by atoms with Gasteiger partial charge in [0.1, 0.15) is 11.2 Å². The Morgan fingerprint density at radius 2 is 1.82 bits per heavy atom.